The lowest BCUT2D eigenvalue weighted by Crippen LogP contribution is -2.12. The number of sulfone groups is 1. The van der Waals surface area contributed by atoms with Gasteiger partial charge in [-0.3, -0.25) is 0 Å². The standard InChI is InChI=1S/C12H17Br2NO3S/c1-2-19(16,17)5-3-4-18-12-10(13)6-9(8-15)7-11(12)14/h6-7H,2-5,8,15H2,1H3. The van der Waals surface area contributed by atoms with E-state index in [-0.39, 0.29) is 11.5 Å². The van der Waals surface area contributed by atoms with Crippen molar-refractivity contribution < 1.29 is 13.2 Å². The number of hydrogen-bond acceptors (Lipinski definition) is 4. The van der Waals surface area contributed by atoms with E-state index in [9.17, 15) is 8.42 Å². The molecule has 0 aromatic heterocycles. The number of hydrogen-bond donors (Lipinski definition) is 1. The third kappa shape index (κ3) is 5.41. The van der Waals surface area contributed by atoms with Gasteiger partial charge in [0.25, 0.3) is 0 Å². The van der Waals surface area contributed by atoms with Gasteiger partial charge in [-0.2, -0.15) is 0 Å². The molecule has 1 rings (SSSR count). The Bertz CT molecular complexity index is 509. The molecule has 0 aliphatic heterocycles. The molecule has 0 atom stereocenters. The van der Waals surface area contributed by atoms with Crippen LogP contribution < -0.4 is 10.5 Å². The summed E-state index contributed by atoms with van der Waals surface area (Å²) in [7, 11) is -2.92. The molecule has 108 valence electrons. The average molecular weight is 415 g/mol. The highest BCUT2D eigenvalue weighted by Gasteiger charge is 2.10. The summed E-state index contributed by atoms with van der Waals surface area (Å²) < 4.78 is 29.9. The minimum Gasteiger partial charge on any atom is -0.491 e. The van der Waals surface area contributed by atoms with Crippen LogP contribution in [-0.4, -0.2) is 26.5 Å². The van der Waals surface area contributed by atoms with Crippen molar-refractivity contribution in [1.82, 2.24) is 0 Å². The average Bonchev–Trinajstić information content (AvgIpc) is 2.36. The van der Waals surface area contributed by atoms with Gasteiger partial charge in [-0.05, 0) is 56.0 Å². The van der Waals surface area contributed by atoms with Crippen LogP contribution in [0.2, 0.25) is 0 Å². The SMILES string of the molecule is CCS(=O)(=O)CCCOc1c(Br)cc(CN)cc1Br. The topological polar surface area (TPSA) is 69.4 Å². The summed E-state index contributed by atoms with van der Waals surface area (Å²) >= 11 is 6.83. The van der Waals surface area contributed by atoms with Crippen molar-refractivity contribution in [2.75, 3.05) is 18.1 Å². The molecular weight excluding hydrogens is 398 g/mol. The largest absolute Gasteiger partial charge is 0.491 e. The Hall–Kier alpha value is -0.110. The second-order valence-electron chi connectivity index (χ2n) is 4.03. The second-order valence-corrected chi connectivity index (χ2v) is 8.21. The molecule has 0 aliphatic carbocycles. The van der Waals surface area contributed by atoms with Crippen LogP contribution in [0.5, 0.6) is 5.75 Å². The normalized spacial score (nSPS) is 11.6. The summed E-state index contributed by atoms with van der Waals surface area (Å²) in [5.74, 6) is 0.997. The van der Waals surface area contributed by atoms with E-state index in [1.165, 1.54) is 0 Å². The summed E-state index contributed by atoms with van der Waals surface area (Å²) in [5.41, 5.74) is 6.56. The highest BCUT2D eigenvalue weighted by Crippen LogP contribution is 2.34. The highest BCUT2D eigenvalue weighted by atomic mass is 79.9. The molecule has 0 bridgehead atoms. The molecule has 0 unspecified atom stereocenters. The maximum atomic E-state index is 11.3. The maximum Gasteiger partial charge on any atom is 0.150 e. The van der Waals surface area contributed by atoms with Crippen molar-refractivity contribution >= 4 is 41.7 Å². The lowest BCUT2D eigenvalue weighted by molar-refractivity contribution is 0.313. The monoisotopic (exact) mass is 413 g/mol. The van der Waals surface area contributed by atoms with Crippen molar-refractivity contribution in [1.29, 1.82) is 0 Å². The van der Waals surface area contributed by atoms with Crippen LogP contribution in [0.3, 0.4) is 0 Å². The van der Waals surface area contributed by atoms with Crippen molar-refractivity contribution in [2.24, 2.45) is 5.73 Å². The predicted molar refractivity (Wildman–Crippen MR) is 84.2 cm³/mol. The van der Waals surface area contributed by atoms with Crippen molar-refractivity contribution in [3.05, 3.63) is 26.6 Å². The molecule has 0 radical (unpaired) electrons. The minimum atomic E-state index is -2.92. The molecule has 1 aromatic carbocycles. The van der Waals surface area contributed by atoms with Crippen molar-refractivity contribution in [2.45, 2.75) is 19.9 Å². The Kier molecular flexibility index (Phi) is 6.79. The molecule has 7 heteroatoms. The minimum absolute atomic E-state index is 0.152. The number of nitrogens with two attached hydrogens (primary N) is 1. The third-order valence-corrected chi connectivity index (χ3v) is 5.55. The van der Waals surface area contributed by atoms with Crippen LogP contribution in [0.25, 0.3) is 0 Å². The van der Waals surface area contributed by atoms with E-state index >= 15 is 0 Å². The van der Waals surface area contributed by atoms with Crippen LogP contribution in [0.1, 0.15) is 18.9 Å². The van der Waals surface area contributed by atoms with Gasteiger partial charge in [0.15, 0.2) is 0 Å². The van der Waals surface area contributed by atoms with Crippen LogP contribution in [0.15, 0.2) is 21.1 Å². The van der Waals surface area contributed by atoms with Crippen LogP contribution >= 0.6 is 31.9 Å². The predicted octanol–water partition coefficient (Wildman–Crippen LogP) is 2.87. The first kappa shape index (κ1) is 16.9. The van der Waals surface area contributed by atoms with E-state index in [4.69, 9.17) is 10.5 Å². The molecule has 0 aliphatic rings. The van der Waals surface area contributed by atoms with Crippen molar-refractivity contribution in [3.8, 4) is 5.75 Å². The van der Waals surface area contributed by atoms with E-state index in [0.29, 0.717) is 25.3 Å². The Morgan fingerprint density at radius 1 is 1.26 bits per heavy atom. The van der Waals surface area contributed by atoms with Gasteiger partial charge >= 0.3 is 0 Å². The summed E-state index contributed by atoms with van der Waals surface area (Å²) in [6.07, 6.45) is 0.480. The van der Waals surface area contributed by atoms with E-state index in [2.05, 4.69) is 31.9 Å². The van der Waals surface area contributed by atoms with E-state index in [0.717, 1.165) is 14.5 Å². The lowest BCUT2D eigenvalue weighted by Gasteiger charge is -2.11. The fourth-order valence-electron chi connectivity index (χ4n) is 1.47. The third-order valence-electron chi connectivity index (χ3n) is 2.58. The van der Waals surface area contributed by atoms with Gasteiger partial charge in [-0.25, -0.2) is 8.42 Å². The molecule has 0 fully saturated rings. The second kappa shape index (κ2) is 7.61. The van der Waals surface area contributed by atoms with Crippen molar-refractivity contribution in [3.63, 3.8) is 0 Å². The molecule has 0 heterocycles. The zero-order valence-electron chi connectivity index (χ0n) is 10.7. The molecule has 19 heavy (non-hydrogen) atoms. The Morgan fingerprint density at radius 3 is 2.32 bits per heavy atom. The van der Waals surface area contributed by atoms with E-state index in [1.807, 2.05) is 12.1 Å². The number of ether oxygens (including phenoxy) is 1. The van der Waals surface area contributed by atoms with Gasteiger partial charge < -0.3 is 10.5 Å². The number of halogens is 2. The van der Waals surface area contributed by atoms with E-state index in [1.54, 1.807) is 6.92 Å². The first-order valence-electron chi connectivity index (χ1n) is 5.91. The maximum absolute atomic E-state index is 11.3. The number of rotatable bonds is 7. The number of benzene rings is 1. The van der Waals surface area contributed by atoms with Crippen LogP contribution in [-0.2, 0) is 16.4 Å². The van der Waals surface area contributed by atoms with Crippen LogP contribution in [0, 0.1) is 0 Å². The first-order chi connectivity index (χ1) is 8.89. The molecular formula is C12H17Br2NO3S. The van der Waals surface area contributed by atoms with Crippen LogP contribution in [0.4, 0.5) is 0 Å². The Labute approximate surface area is 130 Å². The smallest absolute Gasteiger partial charge is 0.150 e. The Balaban J connectivity index is 2.59. The van der Waals surface area contributed by atoms with Gasteiger partial charge in [-0.1, -0.05) is 6.92 Å². The van der Waals surface area contributed by atoms with Gasteiger partial charge in [0.1, 0.15) is 15.6 Å². The van der Waals surface area contributed by atoms with Gasteiger partial charge in [-0.15, -0.1) is 0 Å². The molecule has 1 aromatic rings. The van der Waals surface area contributed by atoms with Gasteiger partial charge in [0.05, 0.1) is 21.3 Å². The quantitative estimate of drug-likeness (QED) is 0.696. The molecule has 0 saturated heterocycles. The molecule has 0 saturated carbocycles. The van der Waals surface area contributed by atoms with Gasteiger partial charge in [0.2, 0.25) is 0 Å². The molecule has 4 nitrogen and oxygen atoms in total. The summed E-state index contributed by atoms with van der Waals surface area (Å²) in [6.45, 7) is 2.46. The molecule has 0 spiro atoms. The van der Waals surface area contributed by atoms with Gasteiger partial charge in [0, 0.05) is 12.3 Å². The highest BCUT2D eigenvalue weighted by molar-refractivity contribution is 9.11. The molecule has 2 N–H and O–H groups in total. The summed E-state index contributed by atoms with van der Waals surface area (Å²) in [5, 5.41) is 0. The fraction of sp³-hybridized carbons (Fsp3) is 0.500. The Morgan fingerprint density at radius 2 is 1.84 bits per heavy atom. The fourth-order valence-corrected chi connectivity index (χ4v) is 3.82. The van der Waals surface area contributed by atoms with E-state index < -0.39 is 9.84 Å². The zero-order chi connectivity index (χ0) is 14.5. The summed E-state index contributed by atoms with van der Waals surface area (Å²) in [4.78, 5) is 0. The lowest BCUT2D eigenvalue weighted by atomic mass is 10.2. The first-order valence-corrected chi connectivity index (χ1v) is 9.31. The summed E-state index contributed by atoms with van der Waals surface area (Å²) in [6, 6.07) is 3.78. The zero-order valence-corrected chi connectivity index (χ0v) is 14.6. The molecule has 0 amide bonds.